The highest BCUT2D eigenvalue weighted by atomic mass is 32.2. The molecule has 0 aliphatic carbocycles. The number of hydrogen-bond acceptors (Lipinski definition) is 4. The van der Waals surface area contributed by atoms with Crippen LogP contribution in [-0.2, 0) is 0 Å². The quantitative estimate of drug-likeness (QED) is 0.337. The average Bonchev–Trinajstić information content (AvgIpc) is 2.22. The van der Waals surface area contributed by atoms with Gasteiger partial charge in [0.1, 0.15) is 5.40 Å². The summed E-state index contributed by atoms with van der Waals surface area (Å²) in [5.41, 5.74) is 4.17. The minimum absolute atomic E-state index is 0.797. The van der Waals surface area contributed by atoms with Gasteiger partial charge in [-0.2, -0.15) is 10.3 Å². The summed E-state index contributed by atoms with van der Waals surface area (Å²) in [7, 11) is 0. The van der Waals surface area contributed by atoms with Gasteiger partial charge in [0.05, 0.1) is 10.8 Å². The molecular weight excluding hydrogens is 224 g/mol. The fraction of sp³-hybridized carbons (Fsp3) is 0.273. The van der Waals surface area contributed by atoms with Crippen LogP contribution in [0.15, 0.2) is 16.0 Å². The first-order valence-corrected chi connectivity index (χ1v) is 5.59. The summed E-state index contributed by atoms with van der Waals surface area (Å²) in [6.07, 6.45) is 0. The van der Waals surface area contributed by atoms with Crippen LogP contribution in [0.25, 0.3) is 0 Å². The lowest BCUT2D eigenvalue weighted by Crippen LogP contribution is -1.89. The van der Waals surface area contributed by atoms with Crippen molar-refractivity contribution < 1.29 is 0 Å². The molecular formula is C11H10N2S2. The summed E-state index contributed by atoms with van der Waals surface area (Å²) in [4.78, 5) is 4.93. The Balaban J connectivity index is 3.45. The second kappa shape index (κ2) is 5.09. The van der Waals surface area contributed by atoms with Crippen LogP contribution in [-0.4, -0.2) is 5.16 Å². The van der Waals surface area contributed by atoms with Crippen LogP contribution in [0.3, 0.4) is 0 Å². The Hall–Kier alpha value is -1.14. The van der Waals surface area contributed by atoms with Crippen molar-refractivity contribution in [1.29, 1.82) is 5.26 Å². The number of rotatable bonds is 2. The monoisotopic (exact) mass is 234 g/mol. The lowest BCUT2D eigenvalue weighted by atomic mass is 10.0. The molecule has 4 heteroatoms. The van der Waals surface area contributed by atoms with Gasteiger partial charge in [0.15, 0.2) is 0 Å². The summed E-state index contributed by atoms with van der Waals surface area (Å²) >= 11 is 5.74. The molecule has 0 fully saturated rings. The molecule has 1 rings (SSSR count). The molecule has 0 N–H and O–H groups in total. The average molecular weight is 234 g/mol. The van der Waals surface area contributed by atoms with Gasteiger partial charge in [-0.3, -0.25) is 0 Å². The predicted molar refractivity (Wildman–Crippen MR) is 66.8 cm³/mol. The molecule has 2 nitrogen and oxygen atoms in total. The molecule has 0 bridgehead atoms. The lowest BCUT2D eigenvalue weighted by Gasteiger charge is -2.10. The van der Waals surface area contributed by atoms with Crippen molar-refractivity contribution in [3.05, 3.63) is 22.8 Å². The van der Waals surface area contributed by atoms with Crippen molar-refractivity contribution in [1.82, 2.24) is 0 Å². The molecule has 0 radical (unpaired) electrons. The fourth-order valence-electron chi connectivity index (χ4n) is 1.32. The third kappa shape index (κ3) is 2.45. The smallest absolute Gasteiger partial charge is 0.138 e. The van der Waals surface area contributed by atoms with E-state index in [1.54, 1.807) is 0 Å². The molecule has 0 atom stereocenters. The normalized spacial score (nSPS) is 9.20. The van der Waals surface area contributed by atoms with Gasteiger partial charge in [0.25, 0.3) is 0 Å². The van der Waals surface area contributed by atoms with Gasteiger partial charge in [0.2, 0.25) is 0 Å². The molecule has 0 spiro atoms. The number of thiocarbonyl (C=S) groups is 1. The minimum atomic E-state index is 0.797. The van der Waals surface area contributed by atoms with Crippen LogP contribution in [0.2, 0.25) is 0 Å². The molecule has 76 valence electrons. The van der Waals surface area contributed by atoms with Crippen molar-refractivity contribution in [3.8, 4) is 5.40 Å². The predicted octanol–water partition coefficient (Wildman–Crippen LogP) is 3.92. The molecule has 0 aromatic heterocycles. The third-order valence-electron chi connectivity index (χ3n) is 2.47. The van der Waals surface area contributed by atoms with Crippen LogP contribution in [0.1, 0.15) is 16.7 Å². The van der Waals surface area contributed by atoms with E-state index in [-0.39, 0.29) is 0 Å². The molecule has 0 heterocycles. The highest BCUT2D eigenvalue weighted by Crippen LogP contribution is 2.32. The van der Waals surface area contributed by atoms with E-state index in [2.05, 4.69) is 27.8 Å². The second-order valence-corrected chi connectivity index (χ2v) is 4.17. The zero-order chi connectivity index (χ0) is 11.4. The van der Waals surface area contributed by atoms with E-state index in [0.717, 1.165) is 39.0 Å². The summed E-state index contributed by atoms with van der Waals surface area (Å²) in [5, 5.41) is 13.1. The Labute approximate surface area is 99.0 Å². The highest BCUT2D eigenvalue weighted by Gasteiger charge is 2.09. The minimum Gasteiger partial charge on any atom is -0.194 e. The van der Waals surface area contributed by atoms with E-state index in [1.165, 1.54) is 0 Å². The number of hydrogen-bond donors (Lipinski definition) is 0. The summed E-state index contributed by atoms with van der Waals surface area (Å²) in [6.45, 7) is 6.02. The van der Waals surface area contributed by atoms with Crippen LogP contribution in [0, 0.1) is 31.4 Å². The van der Waals surface area contributed by atoms with E-state index in [9.17, 15) is 0 Å². The van der Waals surface area contributed by atoms with Crippen LogP contribution in [0.5, 0.6) is 0 Å². The number of thioether (sulfide) groups is 1. The van der Waals surface area contributed by atoms with E-state index in [4.69, 9.17) is 5.26 Å². The van der Waals surface area contributed by atoms with Crippen molar-refractivity contribution in [2.45, 2.75) is 25.7 Å². The van der Waals surface area contributed by atoms with Gasteiger partial charge in [-0.1, -0.05) is 0 Å². The van der Waals surface area contributed by atoms with Gasteiger partial charge in [0, 0.05) is 4.90 Å². The second-order valence-electron chi connectivity index (χ2n) is 3.17. The lowest BCUT2D eigenvalue weighted by molar-refractivity contribution is 1.18. The summed E-state index contributed by atoms with van der Waals surface area (Å²) in [5.74, 6) is 0. The Morgan fingerprint density at radius 3 is 2.47 bits per heavy atom. The first kappa shape index (κ1) is 11.9. The first-order chi connectivity index (χ1) is 7.11. The van der Waals surface area contributed by atoms with E-state index >= 15 is 0 Å². The Morgan fingerprint density at radius 1 is 1.27 bits per heavy atom. The third-order valence-corrected chi connectivity index (χ3v) is 3.29. The van der Waals surface area contributed by atoms with Gasteiger partial charge in [-0.05, 0) is 67.5 Å². The topological polar surface area (TPSA) is 36.1 Å². The molecule has 0 saturated heterocycles. The van der Waals surface area contributed by atoms with E-state index in [1.807, 2.05) is 26.8 Å². The molecule has 1 aromatic rings. The largest absolute Gasteiger partial charge is 0.194 e. The van der Waals surface area contributed by atoms with Gasteiger partial charge >= 0.3 is 0 Å². The van der Waals surface area contributed by atoms with Crippen molar-refractivity contribution in [2.75, 3.05) is 0 Å². The maximum Gasteiger partial charge on any atom is 0.138 e. The number of aliphatic imine (C=N–C) groups is 1. The fourth-order valence-corrected chi connectivity index (χ4v) is 1.99. The number of benzene rings is 1. The Bertz CT molecular complexity index is 480. The Morgan fingerprint density at radius 2 is 1.93 bits per heavy atom. The molecule has 0 saturated carbocycles. The Kier molecular flexibility index (Phi) is 4.05. The van der Waals surface area contributed by atoms with Crippen molar-refractivity contribution in [2.24, 2.45) is 4.99 Å². The SMILES string of the molecule is Cc1c(N=C=S)cc(SC#N)c(C)c1C. The van der Waals surface area contributed by atoms with Crippen molar-refractivity contribution in [3.63, 3.8) is 0 Å². The number of isothiocyanates is 1. The molecule has 1 aromatic carbocycles. The maximum absolute atomic E-state index is 8.67. The molecule has 15 heavy (non-hydrogen) atoms. The summed E-state index contributed by atoms with van der Waals surface area (Å²) < 4.78 is 0. The van der Waals surface area contributed by atoms with Crippen LogP contribution < -0.4 is 0 Å². The van der Waals surface area contributed by atoms with E-state index < -0.39 is 0 Å². The number of thiocyanates is 1. The van der Waals surface area contributed by atoms with Crippen molar-refractivity contribution >= 4 is 34.8 Å². The van der Waals surface area contributed by atoms with Gasteiger partial charge in [-0.25, -0.2) is 0 Å². The van der Waals surface area contributed by atoms with Crippen LogP contribution in [0.4, 0.5) is 5.69 Å². The zero-order valence-corrected chi connectivity index (χ0v) is 10.4. The molecule has 0 unspecified atom stereocenters. The zero-order valence-electron chi connectivity index (χ0n) is 8.79. The molecule has 0 aliphatic heterocycles. The summed E-state index contributed by atoms with van der Waals surface area (Å²) in [6, 6.07) is 1.88. The van der Waals surface area contributed by atoms with E-state index in [0.29, 0.717) is 0 Å². The molecule has 0 aliphatic rings. The standard InChI is InChI=1S/C11H10N2S2/c1-7-8(2)10(13-6-14)4-11(9(7)3)15-5-12/h4H,1-3H3. The van der Waals surface area contributed by atoms with Gasteiger partial charge < -0.3 is 0 Å². The number of nitriles is 1. The maximum atomic E-state index is 8.67. The van der Waals surface area contributed by atoms with Gasteiger partial charge in [-0.15, -0.1) is 0 Å². The highest BCUT2D eigenvalue weighted by molar-refractivity contribution is 8.03. The number of nitrogens with zero attached hydrogens (tertiary/aromatic N) is 2. The molecule has 0 amide bonds. The first-order valence-electron chi connectivity index (χ1n) is 4.36. The van der Waals surface area contributed by atoms with Crippen LogP contribution >= 0.6 is 24.0 Å².